The van der Waals surface area contributed by atoms with Crippen molar-refractivity contribution in [3.05, 3.63) is 30.1 Å². The van der Waals surface area contributed by atoms with Gasteiger partial charge in [0.25, 0.3) is 0 Å². The van der Waals surface area contributed by atoms with E-state index in [1.807, 2.05) is 12.4 Å². The first kappa shape index (κ1) is 18.9. The summed E-state index contributed by atoms with van der Waals surface area (Å²) in [5.74, 6) is 0.351. The topological polar surface area (TPSA) is 48.5 Å². The van der Waals surface area contributed by atoms with Gasteiger partial charge in [0.15, 0.2) is 0 Å². The molecule has 1 aromatic heterocycles. The van der Waals surface area contributed by atoms with Crippen molar-refractivity contribution in [2.75, 3.05) is 39.3 Å². The number of piperidine rings is 1. The fourth-order valence-electron chi connectivity index (χ4n) is 3.39. The van der Waals surface area contributed by atoms with Crippen molar-refractivity contribution in [3.8, 4) is 0 Å². The van der Waals surface area contributed by atoms with Crippen molar-refractivity contribution in [2.24, 2.45) is 5.92 Å². The van der Waals surface area contributed by atoms with Crippen LogP contribution in [0.4, 0.5) is 0 Å². The smallest absolute Gasteiger partial charge is 0.224 e. The Labute approximate surface area is 146 Å². The van der Waals surface area contributed by atoms with E-state index >= 15 is 0 Å². The number of carbonyl (C=O) groups is 1. The summed E-state index contributed by atoms with van der Waals surface area (Å²) < 4.78 is 0. The van der Waals surface area contributed by atoms with E-state index in [1.54, 1.807) is 0 Å². The van der Waals surface area contributed by atoms with Gasteiger partial charge in [0.2, 0.25) is 5.91 Å². The van der Waals surface area contributed by atoms with Crippen molar-refractivity contribution in [1.82, 2.24) is 20.1 Å². The minimum atomic E-state index is 0.127. The fourth-order valence-corrected chi connectivity index (χ4v) is 3.39. The van der Waals surface area contributed by atoms with Gasteiger partial charge in [-0.15, -0.1) is 0 Å². The summed E-state index contributed by atoms with van der Waals surface area (Å²) in [5.41, 5.74) is 1.27. The molecule has 1 unspecified atom stereocenters. The molecule has 1 fully saturated rings. The first-order valence-electron chi connectivity index (χ1n) is 9.34. The number of nitrogens with zero attached hydrogens (tertiary/aromatic N) is 3. The maximum absolute atomic E-state index is 12.5. The quantitative estimate of drug-likeness (QED) is 0.753. The molecular formula is C19H32N4O. The molecule has 5 nitrogen and oxygen atoms in total. The van der Waals surface area contributed by atoms with E-state index in [4.69, 9.17) is 0 Å². The van der Waals surface area contributed by atoms with Gasteiger partial charge in [-0.2, -0.15) is 0 Å². The maximum atomic E-state index is 12.5. The molecule has 0 aliphatic carbocycles. The Hall–Kier alpha value is -1.46. The molecule has 1 amide bonds. The Kier molecular flexibility index (Phi) is 8.19. The molecule has 1 aromatic rings. The number of likely N-dealkylation sites (N-methyl/N-ethyl adjacent to an activating group) is 1. The zero-order chi connectivity index (χ0) is 17.2. The first-order valence-corrected chi connectivity index (χ1v) is 9.34. The number of likely N-dealkylation sites (tertiary alicyclic amines) is 1. The second-order valence-electron chi connectivity index (χ2n) is 6.66. The van der Waals surface area contributed by atoms with Crippen LogP contribution in [0, 0.1) is 5.92 Å². The zero-order valence-corrected chi connectivity index (χ0v) is 15.2. The molecule has 0 saturated carbocycles. The molecule has 134 valence electrons. The number of hydrogen-bond acceptors (Lipinski definition) is 4. The first-order chi connectivity index (χ1) is 11.7. The average molecular weight is 332 g/mol. The molecule has 1 atom stereocenters. The van der Waals surface area contributed by atoms with Crippen LogP contribution in [0.1, 0.15) is 38.7 Å². The number of rotatable bonds is 9. The second-order valence-corrected chi connectivity index (χ2v) is 6.66. The van der Waals surface area contributed by atoms with Crippen LogP contribution >= 0.6 is 0 Å². The Balaban J connectivity index is 1.73. The predicted molar refractivity (Wildman–Crippen MR) is 97.7 cm³/mol. The van der Waals surface area contributed by atoms with E-state index in [0.717, 1.165) is 65.1 Å². The third kappa shape index (κ3) is 6.21. The third-order valence-corrected chi connectivity index (χ3v) is 4.75. The lowest BCUT2D eigenvalue weighted by Gasteiger charge is -2.32. The second kappa shape index (κ2) is 10.4. The lowest BCUT2D eigenvalue weighted by molar-refractivity contribution is -0.126. The van der Waals surface area contributed by atoms with Crippen LogP contribution in [0.5, 0.6) is 0 Å². The van der Waals surface area contributed by atoms with E-state index in [0.29, 0.717) is 0 Å². The van der Waals surface area contributed by atoms with Gasteiger partial charge in [0, 0.05) is 38.6 Å². The maximum Gasteiger partial charge on any atom is 0.224 e. The summed E-state index contributed by atoms with van der Waals surface area (Å²) in [6.07, 6.45) is 6.93. The Morgan fingerprint density at radius 2 is 2.12 bits per heavy atom. The summed E-state index contributed by atoms with van der Waals surface area (Å²) in [4.78, 5) is 21.3. The lowest BCUT2D eigenvalue weighted by atomic mass is 9.96. The molecule has 0 spiro atoms. The van der Waals surface area contributed by atoms with E-state index in [9.17, 15) is 4.79 Å². The van der Waals surface area contributed by atoms with Gasteiger partial charge < -0.3 is 10.2 Å². The monoisotopic (exact) mass is 332 g/mol. The van der Waals surface area contributed by atoms with Crippen molar-refractivity contribution >= 4 is 5.91 Å². The van der Waals surface area contributed by atoms with Crippen LogP contribution < -0.4 is 5.32 Å². The molecule has 24 heavy (non-hydrogen) atoms. The zero-order valence-electron chi connectivity index (χ0n) is 15.2. The van der Waals surface area contributed by atoms with Gasteiger partial charge in [0.05, 0.1) is 5.92 Å². The highest BCUT2D eigenvalue weighted by atomic mass is 16.1. The van der Waals surface area contributed by atoms with Crippen molar-refractivity contribution in [1.29, 1.82) is 0 Å². The summed E-state index contributed by atoms with van der Waals surface area (Å²) in [5, 5.41) is 3.14. The van der Waals surface area contributed by atoms with Crippen molar-refractivity contribution < 1.29 is 4.79 Å². The van der Waals surface area contributed by atoms with E-state index in [1.165, 1.54) is 5.56 Å². The number of carbonyl (C=O) groups excluding carboxylic acids is 1. The lowest BCUT2D eigenvalue weighted by Crippen LogP contribution is -2.44. The van der Waals surface area contributed by atoms with Crippen molar-refractivity contribution in [2.45, 2.75) is 39.7 Å². The van der Waals surface area contributed by atoms with Crippen LogP contribution in [0.25, 0.3) is 0 Å². The minimum Gasteiger partial charge on any atom is -0.355 e. The number of hydrogen-bond donors (Lipinski definition) is 1. The van der Waals surface area contributed by atoms with E-state index in [2.05, 4.69) is 46.1 Å². The third-order valence-electron chi connectivity index (χ3n) is 4.75. The summed E-state index contributed by atoms with van der Waals surface area (Å²) >= 11 is 0. The number of pyridine rings is 1. The highest BCUT2D eigenvalue weighted by Gasteiger charge is 2.25. The summed E-state index contributed by atoms with van der Waals surface area (Å²) in [6.45, 7) is 11.1. The normalized spacial score (nSPS) is 18.7. The van der Waals surface area contributed by atoms with Gasteiger partial charge in [0.1, 0.15) is 0 Å². The van der Waals surface area contributed by atoms with Gasteiger partial charge in [-0.3, -0.25) is 14.7 Å². The highest BCUT2D eigenvalue weighted by Crippen LogP contribution is 2.18. The highest BCUT2D eigenvalue weighted by molar-refractivity contribution is 5.78. The number of amides is 1. The molecule has 0 aromatic carbocycles. The SMILES string of the molecule is CCCN(CC)CCNC(=O)C1CCCN(Cc2ccncc2)C1. The standard InChI is InChI=1S/C19H32N4O/c1-3-12-22(4-2)14-11-21-19(24)18-6-5-13-23(16-18)15-17-7-9-20-10-8-17/h7-10,18H,3-6,11-16H2,1-2H3,(H,21,24). The largest absolute Gasteiger partial charge is 0.355 e. The van der Waals surface area contributed by atoms with Crippen LogP contribution in [-0.2, 0) is 11.3 Å². The van der Waals surface area contributed by atoms with Gasteiger partial charge in [-0.1, -0.05) is 13.8 Å². The van der Waals surface area contributed by atoms with Gasteiger partial charge >= 0.3 is 0 Å². The summed E-state index contributed by atoms with van der Waals surface area (Å²) in [7, 11) is 0. The molecule has 5 heteroatoms. The molecule has 1 aliphatic heterocycles. The number of nitrogens with one attached hydrogen (secondary N) is 1. The van der Waals surface area contributed by atoms with Crippen LogP contribution in [0.2, 0.25) is 0 Å². The van der Waals surface area contributed by atoms with Crippen LogP contribution in [-0.4, -0.2) is 60.0 Å². The minimum absolute atomic E-state index is 0.127. The van der Waals surface area contributed by atoms with Crippen molar-refractivity contribution in [3.63, 3.8) is 0 Å². The van der Waals surface area contributed by atoms with Crippen LogP contribution in [0.3, 0.4) is 0 Å². The van der Waals surface area contributed by atoms with Gasteiger partial charge in [-0.05, 0) is 56.6 Å². The molecule has 0 radical (unpaired) electrons. The molecule has 2 heterocycles. The Morgan fingerprint density at radius 1 is 1.33 bits per heavy atom. The molecule has 1 saturated heterocycles. The van der Waals surface area contributed by atoms with Crippen LogP contribution in [0.15, 0.2) is 24.5 Å². The predicted octanol–water partition coefficient (Wildman–Crippen LogP) is 2.14. The van der Waals surface area contributed by atoms with E-state index in [-0.39, 0.29) is 11.8 Å². The Morgan fingerprint density at radius 3 is 2.83 bits per heavy atom. The summed E-state index contributed by atoms with van der Waals surface area (Å²) in [6, 6.07) is 4.10. The Bertz CT molecular complexity index is 480. The molecule has 2 rings (SSSR count). The van der Waals surface area contributed by atoms with Gasteiger partial charge in [-0.25, -0.2) is 0 Å². The average Bonchev–Trinajstić information content (AvgIpc) is 2.62. The molecule has 1 aliphatic rings. The molecular weight excluding hydrogens is 300 g/mol. The number of aromatic nitrogens is 1. The molecule has 1 N–H and O–H groups in total. The molecule has 0 bridgehead atoms. The van der Waals surface area contributed by atoms with E-state index < -0.39 is 0 Å². The fraction of sp³-hybridized carbons (Fsp3) is 0.684.